The van der Waals surface area contributed by atoms with Gasteiger partial charge in [0.25, 0.3) is 0 Å². The molecule has 40 heavy (non-hydrogen) atoms. The fourth-order valence-corrected chi connectivity index (χ4v) is 4.88. The van der Waals surface area contributed by atoms with E-state index in [1.807, 2.05) is 18.2 Å². The van der Waals surface area contributed by atoms with Crippen LogP contribution in [0.3, 0.4) is 0 Å². The molecule has 0 spiro atoms. The Labute approximate surface area is 227 Å². The lowest BCUT2D eigenvalue weighted by atomic mass is 9.85. The van der Waals surface area contributed by atoms with E-state index in [2.05, 4.69) is 30.5 Å². The molecular weight excluding hydrogens is 511 g/mol. The quantitative estimate of drug-likeness (QED) is 0.256. The molecule has 0 radical (unpaired) electrons. The minimum atomic E-state index is -0.418. The molecule has 1 aliphatic carbocycles. The SMILES string of the molecule is COc1cc(F)cc(-c2cncc3[nH]c(-c4n[nH]c5ccc(-c6cncc(NC(=O)C7CCC7)c6)nc45)nc23)c1. The Hall–Kier alpha value is -5.19. The number of aromatic amines is 2. The lowest BCUT2D eigenvalue weighted by Gasteiger charge is -2.24. The molecule has 0 saturated heterocycles. The average Bonchev–Trinajstić information content (AvgIpc) is 3.55. The fraction of sp³-hybridized carbons (Fsp3) is 0.172. The highest BCUT2D eigenvalue weighted by molar-refractivity contribution is 5.96. The zero-order chi connectivity index (χ0) is 27.2. The lowest BCUT2D eigenvalue weighted by Crippen LogP contribution is -2.28. The number of hydrogen-bond donors (Lipinski definition) is 3. The van der Waals surface area contributed by atoms with Crippen LogP contribution in [0.15, 0.2) is 61.2 Å². The average molecular weight is 535 g/mol. The van der Waals surface area contributed by atoms with Gasteiger partial charge in [-0.15, -0.1) is 0 Å². The second-order valence-electron chi connectivity index (χ2n) is 9.79. The number of imidazole rings is 1. The van der Waals surface area contributed by atoms with Crippen molar-refractivity contribution in [1.29, 1.82) is 0 Å². The monoisotopic (exact) mass is 534 g/mol. The molecule has 1 aliphatic rings. The molecule has 0 atom stereocenters. The molecule has 1 saturated carbocycles. The Morgan fingerprint density at radius 1 is 0.975 bits per heavy atom. The molecular formula is C29H23FN8O2. The third-order valence-electron chi connectivity index (χ3n) is 7.22. The van der Waals surface area contributed by atoms with Crippen molar-refractivity contribution in [3.8, 4) is 39.7 Å². The third kappa shape index (κ3) is 4.21. The van der Waals surface area contributed by atoms with Gasteiger partial charge in [0.15, 0.2) is 11.5 Å². The fourth-order valence-electron chi connectivity index (χ4n) is 4.88. The van der Waals surface area contributed by atoms with Crippen LogP contribution in [0.25, 0.3) is 56.0 Å². The van der Waals surface area contributed by atoms with Crippen LogP contribution in [0.4, 0.5) is 10.1 Å². The van der Waals surface area contributed by atoms with Gasteiger partial charge in [0.1, 0.15) is 17.1 Å². The highest BCUT2D eigenvalue weighted by Crippen LogP contribution is 2.33. The number of nitrogens with zero attached hydrogens (tertiary/aromatic N) is 5. The van der Waals surface area contributed by atoms with Crippen LogP contribution >= 0.6 is 0 Å². The first-order valence-electron chi connectivity index (χ1n) is 12.9. The second-order valence-corrected chi connectivity index (χ2v) is 9.79. The minimum absolute atomic E-state index is 0.0289. The Kier molecular flexibility index (Phi) is 5.69. The molecule has 1 aromatic carbocycles. The highest BCUT2D eigenvalue weighted by Gasteiger charge is 2.25. The summed E-state index contributed by atoms with van der Waals surface area (Å²) in [5.74, 6) is 0.579. The van der Waals surface area contributed by atoms with Crippen molar-refractivity contribution in [3.05, 3.63) is 67.0 Å². The summed E-state index contributed by atoms with van der Waals surface area (Å²) in [6.07, 6.45) is 9.59. The summed E-state index contributed by atoms with van der Waals surface area (Å²) in [5.41, 5.74) is 6.47. The Morgan fingerprint density at radius 2 is 1.85 bits per heavy atom. The van der Waals surface area contributed by atoms with Crippen LogP contribution in [-0.4, -0.2) is 48.1 Å². The number of hydrogen-bond acceptors (Lipinski definition) is 7. The number of ether oxygens (including phenoxy) is 1. The van der Waals surface area contributed by atoms with E-state index >= 15 is 0 Å². The molecule has 0 aliphatic heterocycles. The number of halogens is 1. The number of carbonyl (C=O) groups is 1. The molecule has 11 heteroatoms. The van der Waals surface area contributed by atoms with Crippen molar-refractivity contribution in [2.45, 2.75) is 19.3 Å². The zero-order valence-electron chi connectivity index (χ0n) is 21.4. The van der Waals surface area contributed by atoms with Gasteiger partial charge in [-0.1, -0.05) is 6.42 Å². The van der Waals surface area contributed by atoms with Crippen LogP contribution in [-0.2, 0) is 4.79 Å². The van der Waals surface area contributed by atoms with Gasteiger partial charge in [0.2, 0.25) is 5.91 Å². The van der Waals surface area contributed by atoms with Gasteiger partial charge in [-0.2, -0.15) is 5.10 Å². The number of amides is 1. The van der Waals surface area contributed by atoms with Crippen molar-refractivity contribution in [3.63, 3.8) is 0 Å². The van der Waals surface area contributed by atoms with E-state index in [-0.39, 0.29) is 11.8 Å². The summed E-state index contributed by atoms with van der Waals surface area (Å²) in [6.45, 7) is 0. The van der Waals surface area contributed by atoms with Gasteiger partial charge in [0.05, 0.1) is 47.4 Å². The molecule has 1 fully saturated rings. The largest absolute Gasteiger partial charge is 0.497 e. The maximum absolute atomic E-state index is 14.2. The first kappa shape index (κ1) is 23.9. The number of methoxy groups -OCH3 is 1. The van der Waals surface area contributed by atoms with Crippen LogP contribution < -0.4 is 10.1 Å². The second kappa shape index (κ2) is 9.53. The number of H-pyrrole nitrogens is 2. The Balaban J connectivity index is 1.26. The van der Waals surface area contributed by atoms with E-state index in [0.717, 1.165) is 30.3 Å². The normalized spacial score (nSPS) is 13.4. The molecule has 3 N–H and O–H groups in total. The molecule has 1 amide bonds. The number of anilines is 1. The van der Waals surface area contributed by atoms with E-state index in [9.17, 15) is 9.18 Å². The van der Waals surface area contributed by atoms with Gasteiger partial charge >= 0.3 is 0 Å². The topological polar surface area (TPSA) is 134 Å². The highest BCUT2D eigenvalue weighted by atomic mass is 19.1. The smallest absolute Gasteiger partial charge is 0.227 e. The number of nitrogens with one attached hydrogen (secondary N) is 3. The predicted octanol–water partition coefficient (Wildman–Crippen LogP) is 5.51. The van der Waals surface area contributed by atoms with Gasteiger partial charge in [-0.3, -0.25) is 19.9 Å². The Morgan fingerprint density at radius 3 is 2.67 bits per heavy atom. The van der Waals surface area contributed by atoms with Crippen molar-refractivity contribution in [1.82, 2.24) is 35.1 Å². The number of aromatic nitrogens is 7. The maximum atomic E-state index is 14.2. The summed E-state index contributed by atoms with van der Waals surface area (Å²) in [6, 6.07) is 10.1. The van der Waals surface area contributed by atoms with E-state index in [0.29, 0.717) is 56.3 Å². The number of fused-ring (bicyclic) bond motifs is 2. The van der Waals surface area contributed by atoms with Crippen LogP contribution in [0.2, 0.25) is 0 Å². The summed E-state index contributed by atoms with van der Waals surface area (Å²) >= 11 is 0. The van der Waals surface area contributed by atoms with E-state index in [4.69, 9.17) is 14.7 Å². The third-order valence-corrected chi connectivity index (χ3v) is 7.22. The first-order chi connectivity index (χ1) is 19.6. The molecule has 5 aromatic heterocycles. The predicted molar refractivity (Wildman–Crippen MR) is 148 cm³/mol. The molecule has 5 heterocycles. The van der Waals surface area contributed by atoms with Gasteiger partial charge < -0.3 is 15.0 Å². The molecule has 0 unspecified atom stereocenters. The van der Waals surface area contributed by atoms with Gasteiger partial charge in [-0.05, 0) is 48.7 Å². The van der Waals surface area contributed by atoms with Crippen LogP contribution in [0, 0.1) is 11.7 Å². The van der Waals surface area contributed by atoms with E-state index < -0.39 is 5.82 Å². The summed E-state index contributed by atoms with van der Waals surface area (Å²) in [5, 5.41) is 10.5. The zero-order valence-corrected chi connectivity index (χ0v) is 21.4. The van der Waals surface area contributed by atoms with Crippen molar-refractivity contribution >= 4 is 33.7 Å². The molecule has 7 rings (SSSR count). The van der Waals surface area contributed by atoms with E-state index in [1.54, 1.807) is 30.9 Å². The molecule has 10 nitrogen and oxygen atoms in total. The lowest BCUT2D eigenvalue weighted by molar-refractivity contribution is -0.122. The summed E-state index contributed by atoms with van der Waals surface area (Å²) in [7, 11) is 1.49. The minimum Gasteiger partial charge on any atom is -0.497 e. The van der Waals surface area contributed by atoms with E-state index in [1.165, 1.54) is 19.2 Å². The summed E-state index contributed by atoms with van der Waals surface area (Å²) in [4.78, 5) is 34.0. The van der Waals surface area contributed by atoms with Crippen LogP contribution in [0.1, 0.15) is 19.3 Å². The van der Waals surface area contributed by atoms with Gasteiger partial charge in [-0.25, -0.2) is 14.4 Å². The number of benzene rings is 1. The Bertz CT molecular complexity index is 1910. The number of carbonyl (C=O) groups excluding carboxylic acids is 1. The molecule has 0 bridgehead atoms. The molecule has 6 aromatic rings. The number of rotatable bonds is 6. The van der Waals surface area contributed by atoms with Gasteiger partial charge in [0, 0.05) is 35.5 Å². The summed E-state index contributed by atoms with van der Waals surface area (Å²) < 4.78 is 19.5. The molecule has 198 valence electrons. The van der Waals surface area contributed by atoms with Crippen molar-refractivity contribution in [2.75, 3.05) is 12.4 Å². The van der Waals surface area contributed by atoms with Crippen molar-refractivity contribution < 1.29 is 13.9 Å². The standard InChI is InChI=1S/C29H23FN8O2/c1-40-20-9-16(7-18(30)10-20)21-13-32-14-24-25(21)36-28(35-24)27-26-23(37-38-27)6-5-22(34-26)17-8-19(12-31-11-17)33-29(39)15-3-2-4-15/h5-15H,2-4H2,1H3,(H,33,39)(H,35,36)(H,37,38). The number of pyridine rings is 3. The van der Waals surface area contributed by atoms with Crippen molar-refractivity contribution in [2.24, 2.45) is 5.92 Å². The maximum Gasteiger partial charge on any atom is 0.227 e. The first-order valence-corrected chi connectivity index (χ1v) is 12.9. The van der Waals surface area contributed by atoms with Crippen LogP contribution in [0.5, 0.6) is 5.75 Å².